The summed E-state index contributed by atoms with van der Waals surface area (Å²) < 4.78 is 8.52. The Morgan fingerprint density at radius 3 is 2.14 bits per heavy atom. The van der Waals surface area contributed by atoms with Crippen molar-refractivity contribution in [1.29, 1.82) is 0 Å². The van der Waals surface area contributed by atoms with Crippen LogP contribution < -0.4 is 0 Å². The smallest absolute Gasteiger partial charge is 0.292 e. The Kier molecular flexibility index (Phi) is 3.80. The van der Waals surface area contributed by atoms with Crippen molar-refractivity contribution < 1.29 is 14.3 Å². The van der Waals surface area contributed by atoms with Gasteiger partial charge in [0.25, 0.3) is 4.70 Å². The number of carbonyl (C=O) groups is 1. The van der Waals surface area contributed by atoms with Crippen molar-refractivity contribution >= 4 is 21.7 Å². The molecule has 1 aromatic rings. The number of ether oxygens (including phenoxy) is 2. The largest absolute Gasteiger partial charge is 0.338 e. The maximum absolute atomic E-state index is 11.8. The van der Waals surface area contributed by atoms with Crippen LogP contribution in [0.4, 0.5) is 0 Å². The van der Waals surface area contributed by atoms with Crippen LogP contribution in [0.15, 0.2) is 30.3 Å². The third-order valence-electron chi connectivity index (χ3n) is 1.83. The molecule has 0 atom stereocenters. The normalized spacial score (nSPS) is 11.4. The molecule has 0 amide bonds. The van der Waals surface area contributed by atoms with Gasteiger partial charge in [0.15, 0.2) is 0 Å². The SMILES string of the molecule is COC(Br)(OC)C(=O)c1ccccc1. The van der Waals surface area contributed by atoms with Gasteiger partial charge in [-0.05, 0) is 15.9 Å². The predicted octanol–water partition coefficient (Wildman–Crippen LogP) is 2.21. The van der Waals surface area contributed by atoms with Crippen LogP contribution in [0.25, 0.3) is 0 Å². The molecule has 76 valence electrons. The zero-order chi connectivity index (χ0) is 10.6. The van der Waals surface area contributed by atoms with Gasteiger partial charge in [-0.25, -0.2) is 0 Å². The van der Waals surface area contributed by atoms with E-state index in [1.165, 1.54) is 14.2 Å². The fourth-order valence-electron chi connectivity index (χ4n) is 1.03. The number of rotatable bonds is 4. The lowest BCUT2D eigenvalue weighted by Gasteiger charge is -2.22. The summed E-state index contributed by atoms with van der Waals surface area (Å²) in [7, 11) is 2.80. The van der Waals surface area contributed by atoms with Crippen molar-refractivity contribution in [3.05, 3.63) is 35.9 Å². The summed E-state index contributed by atoms with van der Waals surface area (Å²) in [6, 6.07) is 8.82. The first-order valence-corrected chi connectivity index (χ1v) is 4.82. The quantitative estimate of drug-likeness (QED) is 0.472. The molecule has 0 bridgehead atoms. The standard InChI is InChI=1S/C10H11BrO3/c1-13-10(11,14-2)9(12)8-6-4-3-5-7-8/h3-7H,1-2H3. The minimum absolute atomic E-state index is 0.261. The van der Waals surface area contributed by atoms with E-state index in [0.29, 0.717) is 5.56 Å². The Labute approximate surface area is 91.1 Å². The van der Waals surface area contributed by atoms with E-state index in [9.17, 15) is 4.79 Å². The number of ketones is 1. The Morgan fingerprint density at radius 1 is 1.21 bits per heavy atom. The van der Waals surface area contributed by atoms with Gasteiger partial charge in [-0.1, -0.05) is 30.3 Å². The lowest BCUT2D eigenvalue weighted by atomic mass is 10.1. The first-order valence-electron chi connectivity index (χ1n) is 4.03. The van der Waals surface area contributed by atoms with Gasteiger partial charge in [0, 0.05) is 19.8 Å². The third kappa shape index (κ3) is 2.20. The van der Waals surface area contributed by atoms with Gasteiger partial charge in [0.2, 0.25) is 5.78 Å². The highest BCUT2D eigenvalue weighted by atomic mass is 79.9. The van der Waals surface area contributed by atoms with E-state index in [1.807, 2.05) is 6.07 Å². The fourth-order valence-corrected chi connectivity index (χ4v) is 1.26. The van der Waals surface area contributed by atoms with Crippen molar-refractivity contribution in [2.45, 2.75) is 4.70 Å². The van der Waals surface area contributed by atoms with Gasteiger partial charge in [0.05, 0.1) is 0 Å². The van der Waals surface area contributed by atoms with Crippen molar-refractivity contribution in [2.75, 3.05) is 14.2 Å². The highest BCUT2D eigenvalue weighted by molar-refractivity contribution is 9.10. The molecule has 1 rings (SSSR count). The lowest BCUT2D eigenvalue weighted by molar-refractivity contribution is -0.0962. The molecule has 0 saturated heterocycles. The summed E-state index contributed by atoms with van der Waals surface area (Å²) in [6.07, 6.45) is 0. The van der Waals surface area contributed by atoms with Crippen molar-refractivity contribution in [3.63, 3.8) is 0 Å². The van der Waals surface area contributed by atoms with Gasteiger partial charge >= 0.3 is 0 Å². The average Bonchev–Trinajstić information content (AvgIpc) is 2.28. The molecular weight excluding hydrogens is 248 g/mol. The Hall–Kier alpha value is -0.710. The average molecular weight is 259 g/mol. The number of alkyl halides is 1. The number of Topliss-reactive ketones (excluding diaryl/α,β-unsaturated/α-hetero) is 1. The van der Waals surface area contributed by atoms with Crippen LogP contribution in [0.3, 0.4) is 0 Å². The van der Waals surface area contributed by atoms with Crippen molar-refractivity contribution in [1.82, 2.24) is 0 Å². The molecule has 0 saturated carbocycles. The number of carbonyl (C=O) groups excluding carboxylic acids is 1. The van der Waals surface area contributed by atoms with Gasteiger partial charge in [-0.15, -0.1) is 0 Å². The molecule has 0 fully saturated rings. The number of halogens is 1. The van der Waals surface area contributed by atoms with E-state index in [2.05, 4.69) is 15.9 Å². The molecule has 0 spiro atoms. The van der Waals surface area contributed by atoms with Crippen LogP contribution in [0.1, 0.15) is 10.4 Å². The summed E-state index contributed by atoms with van der Waals surface area (Å²) in [5.41, 5.74) is 0.535. The molecule has 0 aliphatic rings. The van der Waals surface area contributed by atoms with Crippen LogP contribution in [-0.4, -0.2) is 24.7 Å². The summed E-state index contributed by atoms with van der Waals surface area (Å²) in [5, 5.41) is 0. The maximum atomic E-state index is 11.8. The van der Waals surface area contributed by atoms with Gasteiger partial charge in [-0.3, -0.25) is 4.79 Å². The van der Waals surface area contributed by atoms with E-state index < -0.39 is 4.70 Å². The Bertz CT molecular complexity index is 306. The van der Waals surface area contributed by atoms with Gasteiger partial charge in [-0.2, -0.15) is 0 Å². The molecular formula is C10H11BrO3. The monoisotopic (exact) mass is 258 g/mol. The first-order chi connectivity index (χ1) is 6.64. The molecule has 0 N–H and O–H groups in total. The van der Waals surface area contributed by atoms with E-state index in [4.69, 9.17) is 9.47 Å². The summed E-state index contributed by atoms with van der Waals surface area (Å²) in [4.78, 5) is 11.8. The second-order valence-electron chi connectivity index (χ2n) is 2.64. The third-order valence-corrected chi connectivity index (χ3v) is 2.84. The first kappa shape index (κ1) is 11.4. The second kappa shape index (κ2) is 4.68. The van der Waals surface area contributed by atoms with Crippen LogP contribution in [0, 0.1) is 0 Å². The number of methoxy groups -OCH3 is 2. The summed E-state index contributed by atoms with van der Waals surface area (Å²) in [6.45, 7) is 0. The highest BCUT2D eigenvalue weighted by Gasteiger charge is 2.36. The zero-order valence-corrected chi connectivity index (χ0v) is 9.58. The number of hydrogen-bond acceptors (Lipinski definition) is 3. The Morgan fingerprint density at radius 2 is 1.71 bits per heavy atom. The minimum atomic E-state index is -1.38. The van der Waals surface area contributed by atoms with E-state index in [0.717, 1.165) is 0 Å². The molecule has 0 aromatic heterocycles. The van der Waals surface area contributed by atoms with Crippen molar-refractivity contribution in [2.24, 2.45) is 0 Å². The molecule has 0 aliphatic heterocycles. The van der Waals surface area contributed by atoms with Crippen LogP contribution in [0.5, 0.6) is 0 Å². The second-order valence-corrected chi connectivity index (χ2v) is 3.68. The van der Waals surface area contributed by atoms with E-state index >= 15 is 0 Å². The molecule has 0 aliphatic carbocycles. The molecule has 14 heavy (non-hydrogen) atoms. The van der Waals surface area contributed by atoms with Crippen LogP contribution in [-0.2, 0) is 9.47 Å². The maximum Gasteiger partial charge on any atom is 0.292 e. The summed E-state index contributed by atoms with van der Waals surface area (Å²) >= 11 is 3.09. The number of benzene rings is 1. The molecule has 4 heteroatoms. The molecule has 0 unspecified atom stereocenters. The van der Waals surface area contributed by atoms with Crippen LogP contribution >= 0.6 is 15.9 Å². The topological polar surface area (TPSA) is 35.5 Å². The minimum Gasteiger partial charge on any atom is -0.338 e. The molecule has 0 heterocycles. The van der Waals surface area contributed by atoms with Gasteiger partial charge in [0.1, 0.15) is 0 Å². The lowest BCUT2D eigenvalue weighted by Crippen LogP contribution is -2.36. The summed E-state index contributed by atoms with van der Waals surface area (Å²) in [5.74, 6) is -0.261. The molecule has 3 nitrogen and oxygen atoms in total. The highest BCUT2D eigenvalue weighted by Crippen LogP contribution is 2.24. The van der Waals surface area contributed by atoms with Gasteiger partial charge < -0.3 is 9.47 Å². The molecule has 0 radical (unpaired) electrons. The predicted molar refractivity (Wildman–Crippen MR) is 56.4 cm³/mol. The fraction of sp³-hybridized carbons (Fsp3) is 0.300. The van der Waals surface area contributed by atoms with E-state index in [-0.39, 0.29) is 5.78 Å². The van der Waals surface area contributed by atoms with Crippen LogP contribution in [0.2, 0.25) is 0 Å². The molecule has 1 aromatic carbocycles. The Balaban J connectivity index is 2.95. The number of hydrogen-bond donors (Lipinski definition) is 0. The van der Waals surface area contributed by atoms with Crippen molar-refractivity contribution in [3.8, 4) is 0 Å². The van der Waals surface area contributed by atoms with E-state index in [1.54, 1.807) is 24.3 Å². The zero-order valence-electron chi connectivity index (χ0n) is 7.99.